The van der Waals surface area contributed by atoms with Gasteiger partial charge in [0.05, 0.1) is 0 Å². The molecule has 17 heavy (non-hydrogen) atoms. The lowest BCUT2D eigenvalue weighted by molar-refractivity contribution is 0.0794. The van der Waals surface area contributed by atoms with E-state index in [-0.39, 0.29) is 5.91 Å². The summed E-state index contributed by atoms with van der Waals surface area (Å²) in [6, 6.07) is 7.45. The van der Waals surface area contributed by atoms with E-state index in [9.17, 15) is 4.79 Å². The molecule has 92 valence electrons. The molecule has 0 aromatic heterocycles. The predicted molar refractivity (Wildman–Crippen MR) is 72.4 cm³/mol. The quantitative estimate of drug-likeness (QED) is 0.431. The summed E-state index contributed by atoms with van der Waals surface area (Å²) in [6.07, 6.45) is 3.74. The van der Waals surface area contributed by atoms with Crippen LogP contribution in [0.5, 0.6) is 0 Å². The van der Waals surface area contributed by atoms with Crippen LogP contribution in [0.1, 0.15) is 28.8 Å². The molecule has 1 aromatic rings. The molecule has 1 rings (SSSR count). The van der Waals surface area contributed by atoms with Crippen molar-refractivity contribution in [2.45, 2.75) is 18.7 Å². The Bertz CT molecular complexity index is 390. The largest absolute Gasteiger partial charge is 0.342 e. The molecular weight excluding hydrogens is 234 g/mol. The van der Waals surface area contributed by atoms with Crippen molar-refractivity contribution >= 4 is 17.5 Å². The van der Waals surface area contributed by atoms with Crippen LogP contribution in [0.3, 0.4) is 0 Å². The van der Waals surface area contributed by atoms with Gasteiger partial charge < -0.3 is 4.90 Å². The second-order valence-corrected chi connectivity index (χ2v) is 4.26. The molecule has 0 saturated heterocycles. The van der Waals surface area contributed by atoms with Crippen LogP contribution >= 0.6 is 11.6 Å². The van der Waals surface area contributed by atoms with E-state index in [2.05, 4.69) is 6.58 Å². The summed E-state index contributed by atoms with van der Waals surface area (Å²) in [5.74, 6) is 0.474. The number of carbonyl (C=O) groups excluding carboxylic acids is 1. The molecule has 3 heteroatoms. The first-order valence-electron chi connectivity index (χ1n) is 5.70. The summed E-state index contributed by atoms with van der Waals surface area (Å²) in [5.41, 5.74) is 1.67. The van der Waals surface area contributed by atoms with Crippen molar-refractivity contribution in [3.63, 3.8) is 0 Å². The SMILES string of the molecule is C=CCCCN(C)C(=O)c1cccc(CCl)c1. The molecule has 0 aliphatic carbocycles. The Balaban J connectivity index is 2.64. The van der Waals surface area contributed by atoms with Gasteiger partial charge >= 0.3 is 0 Å². The van der Waals surface area contributed by atoms with Gasteiger partial charge in [0.2, 0.25) is 0 Å². The number of hydrogen-bond donors (Lipinski definition) is 0. The summed E-state index contributed by atoms with van der Waals surface area (Å²) < 4.78 is 0. The van der Waals surface area contributed by atoms with Crippen LogP contribution in [-0.2, 0) is 5.88 Å². The zero-order valence-electron chi connectivity index (χ0n) is 10.2. The normalized spacial score (nSPS) is 10.0. The maximum Gasteiger partial charge on any atom is 0.253 e. The standard InChI is InChI=1S/C14H18ClNO/c1-3-4-5-9-16(2)14(17)13-8-6-7-12(10-13)11-15/h3,6-8,10H,1,4-5,9,11H2,2H3. The molecule has 0 aliphatic rings. The Kier molecular flexibility index (Phi) is 5.78. The first-order valence-corrected chi connectivity index (χ1v) is 6.23. The minimum absolute atomic E-state index is 0.0426. The molecule has 0 heterocycles. The van der Waals surface area contributed by atoms with E-state index in [1.54, 1.807) is 4.90 Å². The van der Waals surface area contributed by atoms with Crippen LogP contribution in [-0.4, -0.2) is 24.4 Å². The molecular formula is C14H18ClNO. The Hall–Kier alpha value is -1.28. The van der Waals surface area contributed by atoms with E-state index < -0.39 is 0 Å². The second-order valence-electron chi connectivity index (χ2n) is 3.99. The molecule has 0 N–H and O–H groups in total. The van der Waals surface area contributed by atoms with Gasteiger partial charge in [-0.3, -0.25) is 4.79 Å². The maximum atomic E-state index is 12.1. The van der Waals surface area contributed by atoms with Gasteiger partial charge in [-0.15, -0.1) is 18.2 Å². The number of benzene rings is 1. The molecule has 1 amide bonds. The minimum atomic E-state index is 0.0426. The number of amides is 1. The lowest BCUT2D eigenvalue weighted by Crippen LogP contribution is -2.27. The van der Waals surface area contributed by atoms with Crippen LogP contribution in [0, 0.1) is 0 Å². The molecule has 0 spiro atoms. The number of hydrogen-bond acceptors (Lipinski definition) is 1. The topological polar surface area (TPSA) is 20.3 Å². The molecule has 0 bridgehead atoms. The van der Waals surface area contributed by atoms with Gasteiger partial charge in [-0.25, -0.2) is 0 Å². The van der Waals surface area contributed by atoms with Crippen LogP contribution in [0.4, 0.5) is 0 Å². The molecule has 0 saturated carbocycles. The van der Waals surface area contributed by atoms with Crippen LogP contribution in [0.15, 0.2) is 36.9 Å². The van der Waals surface area contributed by atoms with Gasteiger partial charge in [0.25, 0.3) is 5.91 Å². The zero-order chi connectivity index (χ0) is 12.7. The number of carbonyl (C=O) groups is 1. The van der Waals surface area contributed by atoms with E-state index in [4.69, 9.17) is 11.6 Å². The Morgan fingerprint density at radius 1 is 1.53 bits per heavy atom. The van der Waals surface area contributed by atoms with Crippen molar-refractivity contribution in [3.05, 3.63) is 48.0 Å². The summed E-state index contributed by atoms with van der Waals surface area (Å²) in [6.45, 7) is 4.41. The van der Waals surface area contributed by atoms with Crippen molar-refractivity contribution in [2.24, 2.45) is 0 Å². The fourth-order valence-corrected chi connectivity index (χ4v) is 1.75. The van der Waals surface area contributed by atoms with Crippen molar-refractivity contribution in [2.75, 3.05) is 13.6 Å². The third-order valence-electron chi connectivity index (χ3n) is 2.58. The van der Waals surface area contributed by atoms with E-state index in [1.165, 1.54) is 0 Å². The van der Waals surface area contributed by atoms with Gasteiger partial charge in [0.1, 0.15) is 0 Å². The highest BCUT2D eigenvalue weighted by atomic mass is 35.5. The highest BCUT2D eigenvalue weighted by molar-refractivity contribution is 6.17. The number of allylic oxidation sites excluding steroid dienone is 1. The van der Waals surface area contributed by atoms with Gasteiger partial charge in [-0.1, -0.05) is 18.2 Å². The number of unbranched alkanes of at least 4 members (excludes halogenated alkanes) is 1. The number of alkyl halides is 1. The smallest absolute Gasteiger partial charge is 0.253 e. The van der Waals surface area contributed by atoms with Gasteiger partial charge in [-0.2, -0.15) is 0 Å². The molecule has 0 fully saturated rings. The third-order valence-corrected chi connectivity index (χ3v) is 2.89. The van der Waals surface area contributed by atoms with Crippen molar-refractivity contribution in [1.82, 2.24) is 4.90 Å². The predicted octanol–water partition coefficient (Wildman–Crippen LogP) is 3.46. The first kappa shape index (κ1) is 13.8. The number of nitrogens with zero attached hydrogens (tertiary/aromatic N) is 1. The molecule has 0 aliphatic heterocycles. The molecule has 0 atom stereocenters. The number of rotatable bonds is 6. The van der Waals surface area contributed by atoms with Gasteiger partial charge in [-0.05, 0) is 30.5 Å². The Labute approximate surface area is 108 Å². The molecule has 0 unspecified atom stereocenters. The summed E-state index contributed by atoms with van der Waals surface area (Å²) >= 11 is 5.75. The summed E-state index contributed by atoms with van der Waals surface area (Å²) in [7, 11) is 1.82. The van der Waals surface area contributed by atoms with Crippen molar-refractivity contribution in [1.29, 1.82) is 0 Å². The van der Waals surface area contributed by atoms with Crippen LogP contribution in [0.2, 0.25) is 0 Å². The summed E-state index contributed by atoms with van der Waals surface area (Å²) in [4.78, 5) is 13.8. The Morgan fingerprint density at radius 3 is 2.94 bits per heavy atom. The van der Waals surface area contributed by atoms with Crippen molar-refractivity contribution < 1.29 is 4.79 Å². The summed E-state index contributed by atoms with van der Waals surface area (Å²) in [5, 5.41) is 0. The van der Waals surface area contributed by atoms with Crippen molar-refractivity contribution in [3.8, 4) is 0 Å². The lowest BCUT2D eigenvalue weighted by Gasteiger charge is -2.17. The fourth-order valence-electron chi connectivity index (χ4n) is 1.58. The molecule has 0 radical (unpaired) electrons. The third kappa shape index (κ3) is 4.23. The van der Waals surface area contributed by atoms with Crippen LogP contribution in [0.25, 0.3) is 0 Å². The monoisotopic (exact) mass is 251 g/mol. The van der Waals surface area contributed by atoms with E-state index in [0.717, 1.165) is 24.9 Å². The van der Waals surface area contributed by atoms with Gasteiger partial charge in [0, 0.05) is 25.0 Å². The average Bonchev–Trinajstić information content (AvgIpc) is 2.38. The molecule has 2 nitrogen and oxygen atoms in total. The highest BCUT2D eigenvalue weighted by Crippen LogP contribution is 2.10. The van der Waals surface area contributed by atoms with E-state index in [0.29, 0.717) is 11.4 Å². The fraction of sp³-hybridized carbons (Fsp3) is 0.357. The highest BCUT2D eigenvalue weighted by Gasteiger charge is 2.10. The minimum Gasteiger partial charge on any atom is -0.342 e. The Morgan fingerprint density at radius 2 is 2.29 bits per heavy atom. The second kappa shape index (κ2) is 7.13. The number of halogens is 1. The first-order chi connectivity index (χ1) is 8.19. The lowest BCUT2D eigenvalue weighted by atomic mass is 10.1. The van der Waals surface area contributed by atoms with Gasteiger partial charge in [0.15, 0.2) is 0 Å². The van der Waals surface area contributed by atoms with E-state index in [1.807, 2.05) is 37.4 Å². The zero-order valence-corrected chi connectivity index (χ0v) is 10.9. The average molecular weight is 252 g/mol. The van der Waals surface area contributed by atoms with Crippen LogP contribution < -0.4 is 0 Å². The van der Waals surface area contributed by atoms with E-state index >= 15 is 0 Å². The molecule has 1 aromatic carbocycles. The maximum absolute atomic E-state index is 12.1.